The third kappa shape index (κ3) is 6.60. The van der Waals surface area contributed by atoms with Crippen molar-refractivity contribution < 1.29 is 14.0 Å². The van der Waals surface area contributed by atoms with Crippen LogP contribution in [0.3, 0.4) is 0 Å². The summed E-state index contributed by atoms with van der Waals surface area (Å²) in [6.45, 7) is 9.45. The number of hydrogen-bond acceptors (Lipinski definition) is 7. The summed E-state index contributed by atoms with van der Waals surface area (Å²) in [5.41, 5.74) is -0.233. The third-order valence-electron chi connectivity index (χ3n) is 4.42. The zero-order valence-electron chi connectivity index (χ0n) is 17.1. The van der Waals surface area contributed by atoms with Crippen LogP contribution in [0.2, 0.25) is 0 Å². The Morgan fingerprint density at radius 3 is 2.66 bits per heavy atom. The van der Waals surface area contributed by atoms with Gasteiger partial charge >= 0.3 is 0 Å². The molecule has 1 fully saturated rings. The lowest BCUT2D eigenvalue weighted by molar-refractivity contribution is -0.130. The van der Waals surface area contributed by atoms with Gasteiger partial charge in [0.25, 0.3) is 0 Å². The van der Waals surface area contributed by atoms with E-state index in [1.807, 2.05) is 42.4 Å². The summed E-state index contributed by atoms with van der Waals surface area (Å²) in [6, 6.07) is 3.73. The highest BCUT2D eigenvalue weighted by Gasteiger charge is 2.24. The number of carbonyl (C=O) groups is 2. The second-order valence-electron chi connectivity index (χ2n) is 8.06. The topological polar surface area (TPSA) is 96.5 Å². The van der Waals surface area contributed by atoms with E-state index in [9.17, 15) is 9.59 Å². The molecular formula is C19H28N6O3S. The summed E-state index contributed by atoms with van der Waals surface area (Å²) < 4.78 is 7.22. The molecule has 0 aliphatic carbocycles. The number of amides is 2. The van der Waals surface area contributed by atoms with Gasteiger partial charge in [-0.15, -0.1) is 10.2 Å². The summed E-state index contributed by atoms with van der Waals surface area (Å²) >= 11 is 1.37. The fourth-order valence-corrected chi connectivity index (χ4v) is 3.89. The van der Waals surface area contributed by atoms with Crippen LogP contribution in [0.15, 0.2) is 34.3 Å². The lowest BCUT2D eigenvalue weighted by Crippen LogP contribution is -2.53. The minimum atomic E-state index is -0.233. The number of rotatable bonds is 7. The normalized spacial score (nSPS) is 15.5. The Hall–Kier alpha value is -2.33. The number of nitrogens with zero attached hydrogens (tertiary/aromatic N) is 5. The predicted molar refractivity (Wildman–Crippen MR) is 109 cm³/mol. The molecule has 0 radical (unpaired) electrons. The molecule has 2 aromatic rings. The SMILES string of the molecule is CC(C)(C)NC(=O)CN1CCN(C(=O)CSc2nncn2Cc2ccco2)CC1. The van der Waals surface area contributed by atoms with Gasteiger partial charge in [-0.25, -0.2) is 0 Å². The molecule has 0 saturated carbocycles. The average molecular weight is 421 g/mol. The van der Waals surface area contributed by atoms with Gasteiger partial charge in [0.05, 0.1) is 25.1 Å². The fourth-order valence-electron chi connectivity index (χ4n) is 3.07. The van der Waals surface area contributed by atoms with Crippen molar-refractivity contribution in [2.75, 3.05) is 38.5 Å². The number of nitrogens with one attached hydrogen (secondary N) is 1. The van der Waals surface area contributed by atoms with Gasteiger partial charge in [0.2, 0.25) is 11.8 Å². The Kier molecular flexibility index (Phi) is 6.96. The van der Waals surface area contributed by atoms with Crippen molar-refractivity contribution in [1.29, 1.82) is 0 Å². The molecule has 3 rings (SSSR count). The van der Waals surface area contributed by atoms with Crippen LogP contribution in [0.4, 0.5) is 0 Å². The van der Waals surface area contributed by atoms with Crippen molar-refractivity contribution >= 4 is 23.6 Å². The van der Waals surface area contributed by atoms with E-state index < -0.39 is 0 Å². The van der Waals surface area contributed by atoms with Crippen LogP contribution >= 0.6 is 11.8 Å². The molecule has 2 aromatic heterocycles. The van der Waals surface area contributed by atoms with Gasteiger partial charge in [-0.3, -0.25) is 14.5 Å². The molecule has 0 spiro atoms. The zero-order chi connectivity index (χ0) is 20.9. The Labute approximate surface area is 174 Å². The van der Waals surface area contributed by atoms with Crippen molar-refractivity contribution in [3.8, 4) is 0 Å². The van der Waals surface area contributed by atoms with E-state index in [0.29, 0.717) is 50.2 Å². The molecule has 3 heterocycles. The van der Waals surface area contributed by atoms with E-state index in [0.717, 1.165) is 5.76 Å². The van der Waals surface area contributed by atoms with Crippen LogP contribution < -0.4 is 5.32 Å². The van der Waals surface area contributed by atoms with E-state index in [4.69, 9.17) is 4.42 Å². The second-order valence-corrected chi connectivity index (χ2v) is 9.01. The van der Waals surface area contributed by atoms with Crippen LogP contribution in [-0.4, -0.2) is 80.4 Å². The largest absolute Gasteiger partial charge is 0.467 e. The monoisotopic (exact) mass is 420 g/mol. The predicted octanol–water partition coefficient (Wildman–Crippen LogP) is 1.07. The molecular weight excluding hydrogens is 392 g/mol. The molecule has 29 heavy (non-hydrogen) atoms. The van der Waals surface area contributed by atoms with Gasteiger partial charge in [0.15, 0.2) is 5.16 Å². The van der Waals surface area contributed by atoms with E-state index in [1.165, 1.54) is 11.8 Å². The summed E-state index contributed by atoms with van der Waals surface area (Å²) in [7, 11) is 0. The third-order valence-corrected chi connectivity index (χ3v) is 5.38. The molecule has 2 amide bonds. The van der Waals surface area contributed by atoms with Crippen molar-refractivity contribution in [1.82, 2.24) is 29.9 Å². The maximum atomic E-state index is 12.6. The molecule has 1 aliphatic rings. The van der Waals surface area contributed by atoms with Gasteiger partial charge in [-0.1, -0.05) is 11.8 Å². The Balaban J connectivity index is 1.41. The number of furan rings is 1. The minimum Gasteiger partial charge on any atom is -0.467 e. The molecule has 0 atom stereocenters. The minimum absolute atomic E-state index is 0.0173. The Bertz CT molecular complexity index is 806. The summed E-state index contributed by atoms with van der Waals surface area (Å²) in [6.07, 6.45) is 3.26. The first-order chi connectivity index (χ1) is 13.8. The molecule has 158 valence electrons. The number of aromatic nitrogens is 3. The van der Waals surface area contributed by atoms with Crippen LogP contribution in [0.5, 0.6) is 0 Å². The van der Waals surface area contributed by atoms with E-state index in [1.54, 1.807) is 12.6 Å². The average Bonchev–Trinajstić information content (AvgIpc) is 3.31. The summed E-state index contributed by atoms with van der Waals surface area (Å²) in [4.78, 5) is 28.6. The number of thioether (sulfide) groups is 1. The molecule has 9 nitrogen and oxygen atoms in total. The van der Waals surface area contributed by atoms with E-state index in [2.05, 4.69) is 20.4 Å². The summed E-state index contributed by atoms with van der Waals surface area (Å²) in [5, 5.41) is 11.7. The first-order valence-corrected chi connectivity index (χ1v) is 10.6. The first-order valence-electron chi connectivity index (χ1n) is 9.64. The van der Waals surface area contributed by atoms with Crippen LogP contribution in [0, 0.1) is 0 Å². The Morgan fingerprint density at radius 1 is 1.24 bits per heavy atom. The van der Waals surface area contributed by atoms with Gasteiger partial charge in [0, 0.05) is 31.7 Å². The molecule has 0 unspecified atom stereocenters. The first kappa shape index (κ1) is 21.4. The molecule has 0 bridgehead atoms. The highest BCUT2D eigenvalue weighted by molar-refractivity contribution is 7.99. The zero-order valence-corrected chi connectivity index (χ0v) is 17.9. The second kappa shape index (κ2) is 9.45. The quantitative estimate of drug-likeness (QED) is 0.669. The fraction of sp³-hybridized carbons (Fsp3) is 0.579. The molecule has 1 N–H and O–H groups in total. The van der Waals surface area contributed by atoms with Crippen molar-refractivity contribution in [2.45, 2.75) is 38.0 Å². The van der Waals surface area contributed by atoms with Crippen LogP contribution in [-0.2, 0) is 16.1 Å². The molecule has 1 aliphatic heterocycles. The Morgan fingerprint density at radius 2 is 2.00 bits per heavy atom. The smallest absolute Gasteiger partial charge is 0.234 e. The highest BCUT2D eigenvalue weighted by Crippen LogP contribution is 2.17. The lowest BCUT2D eigenvalue weighted by Gasteiger charge is -2.34. The molecule has 10 heteroatoms. The van der Waals surface area contributed by atoms with Crippen molar-refractivity contribution in [2.24, 2.45) is 0 Å². The standard InChI is InChI=1S/C19H28N6O3S/c1-19(2,3)21-16(26)12-23-6-8-24(9-7-23)17(27)13-29-18-22-20-14-25(18)11-15-5-4-10-28-15/h4-5,10,14H,6-9,11-13H2,1-3H3,(H,21,26). The van der Waals surface area contributed by atoms with Crippen molar-refractivity contribution in [3.05, 3.63) is 30.5 Å². The van der Waals surface area contributed by atoms with Crippen molar-refractivity contribution in [3.63, 3.8) is 0 Å². The van der Waals surface area contributed by atoms with Crippen LogP contribution in [0.25, 0.3) is 0 Å². The van der Waals surface area contributed by atoms with Gasteiger partial charge in [-0.05, 0) is 32.9 Å². The van der Waals surface area contributed by atoms with E-state index in [-0.39, 0.29) is 17.4 Å². The van der Waals surface area contributed by atoms with Gasteiger partial charge in [-0.2, -0.15) is 0 Å². The molecule has 1 saturated heterocycles. The van der Waals surface area contributed by atoms with E-state index >= 15 is 0 Å². The maximum Gasteiger partial charge on any atom is 0.234 e. The van der Waals surface area contributed by atoms with Gasteiger partial charge in [0.1, 0.15) is 12.1 Å². The summed E-state index contributed by atoms with van der Waals surface area (Å²) in [5.74, 6) is 1.20. The number of hydrogen-bond donors (Lipinski definition) is 1. The van der Waals surface area contributed by atoms with Gasteiger partial charge < -0.3 is 19.2 Å². The lowest BCUT2D eigenvalue weighted by atomic mass is 10.1. The number of piperazine rings is 1. The number of carbonyl (C=O) groups excluding carboxylic acids is 2. The maximum absolute atomic E-state index is 12.6. The van der Waals surface area contributed by atoms with Crippen LogP contribution in [0.1, 0.15) is 26.5 Å². The highest BCUT2D eigenvalue weighted by atomic mass is 32.2. The molecule has 0 aromatic carbocycles.